The molecule has 100 valence electrons. The quantitative estimate of drug-likeness (QED) is 0.759. The second-order valence-electron chi connectivity index (χ2n) is 5.41. The number of nitrogens with zero attached hydrogens (tertiary/aromatic N) is 4. The van der Waals surface area contributed by atoms with Crippen LogP contribution in [0.15, 0.2) is 6.33 Å². The first-order chi connectivity index (χ1) is 8.58. The molecule has 2 rings (SSSR count). The second kappa shape index (κ2) is 5.43. The molecule has 2 heterocycles. The Labute approximate surface area is 106 Å². The van der Waals surface area contributed by atoms with Crippen molar-refractivity contribution in [2.75, 3.05) is 13.1 Å². The predicted octanol–water partition coefficient (Wildman–Crippen LogP) is -0.432. The van der Waals surface area contributed by atoms with Crippen LogP contribution in [0.2, 0.25) is 0 Å². The van der Waals surface area contributed by atoms with Crippen molar-refractivity contribution in [3.63, 3.8) is 0 Å². The molecule has 1 fully saturated rings. The average molecular weight is 252 g/mol. The molecule has 1 unspecified atom stereocenters. The molecule has 18 heavy (non-hydrogen) atoms. The molecule has 1 aliphatic heterocycles. The van der Waals surface area contributed by atoms with E-state index in [1.54, 1.807) is 0 Å². The Hall–Kier alpha value is -1.50. The maximum absolute atomic E-state index is 11.7. The number of piperidine rings is 1. The Balaban J connectivity index is 1.78. The third-order valence-electron chi connectivity index (χ3n) is 3.53. The maximum atomic E-state index is 11.7. The molecular weight excluding hydrogens is 232 g/mol. The first kappa shape index (κ1) is 12.9. The van der Waals surface area contributed by atoms with Gasteiger partial charge < -0.3 is 10.6 Å². The summed E-state index contributed by atoms with van der Waals surface area (Å²) in [5.41, 5.74) is 0.223. The van der Waals surface area contributed by atoms with Gasteiger partial charge in [-0.25, -0.2) is 4.68 Å². The predicted molar refractivity (Wildman–Crippen MR) is 65.6 cm³/mol. The zero-order valence-corrected chi connectivity index (χ0v) is 10.9. The van der Waals surface area contributed by atoms with E-state index in [0.717, 1.165) is 6.54 Å². The van der Waals surface area contributed by atoms with E-state index in [0.29, 0.717) is 12.6 Å². The number of hydrogen-bond acceptors (Lipinski definition) is 5. The first-order valence-electron chi connectivity index (χ1n) is 6.29. The standard InChI is InChI=1S/C11H20N6O/c1-11(2)4-3-5-12-9(11)6-13-10(18)7-17-8-14-15-16-17/h8-9,12H,3-7H2,1-2H3,(H,13,18). The minimum Gasteiger partial charge on any atom is -0.353 e. The number of nitrogens with one attached hydrogen (secondary N) is 2. The van der Waals surface area contributed by atoms with Crippen molar-refractivity contribution in [1.29, 1.82) is 0 Å². The number of carbonyl (C=O) groups excluding carboxylic acids is 1. The van der Waals surface area contributed by atoms with Crippen LogP contribution in [0.4, 0.5) is 0 Å². The Morgan fingerprint density at radius 2 is 2.44 bits per heavy atom. The number of tetrazole rings is 1. The van der Waals surface area contributed by atoms with Crippen LogP contribution < -0.4 is 10.6 Å². The summed E-state index contributed by atoms with van der Waals surface area (Å²) in [5.74, 6) is -0.0644. The van der Waals surface area contributed by atoms with Gasteiger partial charge in [0.15, 0.2) is 0 Å². The highest BCUT2D eigenvalue weighted by Crippen LogP contribution is 2.29. The zero-order chi connectivity index (χ0) is 13.0. The van der Waals surface area contributed by atoms with Crippen molar-refractivity contribution in [2.24, 2.45) is 5.41 Å². The molecule has 1 aromatic rings. The van der Waals surface area contributed by atoms with Gasteiger partial charge in [0.25, 0.3) is 0 Å². The molecule has 1 aliphatic rings. The Bertz CT molecular complexity index is 388. The van der Waals surface area contributed by atoms with Crippen LogP contribution in [0.5, 0.6) is 0 Å². The van der Waals surface area contributed by atoms with Crippen molar-refractivity contribution in [3.05, 3.63) is 6.33 Å². The maximum Gasteiger partial charge on any atom is 0.241 e. The third-order valence-corrected chi connectivity index (χ3v) is 3.53. The number of hydrogen-bond donors (Lipinski definition) is 2. The topological polar surface area (TPSA) is 84.7 Å². The molecule has 2 N–H and O–H groups in total. The first-order valence-corrected chi connectivity index (χ1v) is 6.29. The highest BCUT2D eigenvalue weighted by atomic mass is 16.2. The number of rotatable bonds is 4. The summed E-state index contributed by atoms with van der Waals surface area (Å²) in [6, 6.07) is 0.323. The SMILES string of the molecule is CC1(C)CCCNC1CNC(=O)Cn1cnnn1. The van der Waals surface area contributed by atoms with Gasteiger partial charge in [-0.3, -0.25) is 4.79 Å². The summed E-state index contributed by atoms with van der Waals surface area (Å²) in [4.78, 5) is 11.7. The van der Waals surface area contributed by atoms with E-state index < -0.39 is 0 Å². The molecule has 1 saturated heterocycles. The van der Waals surface area contributed by atoms with E-state index in [-0.39, 0.29) is 17.9 Å². The molecule has 0 radical (unpaired) electrons. The molecule has 0 bridgehead atoms. The smallest absolute Gasteiger partial charge is 0.241 e. The van der Waals surface area contributed by atoms with Gasteiger partial charge in [-0.1, -0.05) is 13.8 Å². The lowest BCUT2D eigenvalue weighted by atomic mass is 9.77. The van der Waals surface area contributed by atoms with Crippen molar-refractivity contribution >= 4 is 5.91 Å². The lowest BCUT2D eigenvalue weighted by Gasteiger charge is -2.39. The molecule has 0 aliphatic carbocycles. The average Bonchev–Trinajstić information content (AvgIpc) is 2.80. The summed E-state index contributed by atoms with van der Waals surface area (Å²) in [5, 5.41) is 17.0. The molecule has 7 nitrogen and oxygen atoms in total. The summed E-state index contributed by atoms with van der Waals surface area (Å²) in [6.45, 7) is 6.31. The fourth-order valence-electron chi connectivity index (χ4n) is 2.29. The van der Waals surface area contributed by atoms with E-state index in [2.05, 4.69) is 40.0 Å². The monoisotopic (exact) mass is 252 g/mol. The van der Waals surface area contributed by atoms with Gasteiger partial charge in [0.2, 0.25) is 5.91 Å². The van der Waals surface area contributed by atoms with E-state index in [1.165, 1.54) is 23.9 Å². The van der Waals surface area contributed by atoms with Gasteiger partial charge in [0.1, 0.15) is 12.9 Å². The summed E-state index contributed by atoms with van der Waals surface area (Å²) >= 11 is 0. The molecule has 1 aromatic heterocycles. The molecule has 7 heteroatoms. The van der Waals surface area contributed by atoms with Crippen molar-refractivity contribution in [3.8, 4) is 0 Å². The largest absolute Gasteiger partial charge is 0.353 e. The minimum atomic E-state index is -0.0644. The minimum absolute atomic E-state index is 0.0644. The summed E-state index contributed by atoms with van der Waals surface area (Å²) in [7, 11) is 0. The fourth-order valence-corrected chi connectivity index (χ4v) is 2.29. The van der Waals surface area contributed by atoms with Gasteiger partial charge in [0.05, 0.1) is 0 Å². The van der Waals surface area contributed by atoms with E-state index in [4.69, 9.17) is 0 Å². The van der Waals surface area contributed by atoms with Gasteiger partial charge in [-0.2, -0.15) is 0 Å². The van der Waals surface area contributed by atoms with Crippen LogP contribution in [-0.2, 0) is 11.3 Å². The van der Waals surface area contributed by atoms with E-state index in [1.807, 2.05) is 0 Å². The van der Waals surface area contributed by atoms with Crippen molar-refractivity contribution < 1.29 is 4.79 Å². The third kappa shape index (κ3) is 3.25. The number of carbonyl (C=O) groups is 1. The molecule has 0 aromatic carbocycles. The van der Waals surface area contributed by atoms with E-state index in [9.17, 15) is 4.79 Å². The lowest BCUT2D eigenvalue weighted by Crippen LogP contribution is -2.53. The Kier molecular flexibility index (Phi) is 3.90. The second-order valence-corrected chi connectivity index (χ2v) is 5.41. The van der Waals surface area contributed by atoms with Gasteiger partial charge >= 0.3 is 0 Å². The summed E-state index contributed by atoms with van der Waals surface area (Å²) < 4.78 is 1.41. The highest BCUT2D eigenvalue weighted by molar-refractivity contribution is 5.75. The van der Waals surface area contributed by atoms with Gasteiger partial charge in [-0.05, 0) is 35.2 Å². The van der Waals surface area contributed by atoms with Crippen LogP contribution in [0, 0.1) is 5.41 Å². The highest BCUT2D eigenvalue weighted by Gasteiger charge is 2.31. The van der Waals surface area contributed by atoms with Gasteiger partial charge in [-0.15, -0.1) is 5.10 Å². The van der Waals surface area contributed by atoms with Crippen molar-refractivity contribution in [2.45, 2.75) is 39.3 Å². The number of aromatic nitrogens is 4. The Morgan fingerprint density at radius 1 is 1.61 bits per heavy atom. The van der Waals surface area contributed by atoms with Crippen LogP contribution in [-0.4, -0.2) is 45.2 Å². The molecular formula is C11H20N6O. The molecule has 1 atom stereocenters. The van der Waals surface area contributed by atoms with E-state index >= 15 is 0 Å². The molecule has 0 saturated carbocycles. The fraction of sp³-hybridized carbons (Fsp3) is 0.818. The van der Waals surface area contributed by atoms with Crippen molar-refractivity contribution in [1.82, 2.24) is 30.8 Å². The van der Waals surface area contributed by atoms with Gasteiger partial charge in [0, 0.05) is 12.6 Å². The number of amides is 1. The summed E-state index contributed by atoms with van der Waals surface area (Å²) in [6.07, 6.45) is 3.82. The molecule has 1 amide bonds. The van der Waals surface area contributed by atoms with Crippen LogP contribution in [0.3, 0.4) is 0 Å². The van der Waals surface area contributed by atoms with Crippen LogP contribution in [0.25, 0.3) is 0 Å². The zero-order valence-electron chi connectivity index (χ0n) is 10.9. The Morgan fingerprint density at radius 3 is 3.11 bits per heavy atom. The van der Waals surface area contributed by atoms with Crippen LogP contribution >= 0.6 is 0 Å². The normalized spacial score (nSPS) is 22.7. The molecule has 0 spiro atoms. The van der Waals surface area contributed by atoms with Crippen LogP contribution in [0.1, 0.15) is 26.7 Å². The lowest BCUT2D eigenvalue weighted by molar-refractivity contribution is -0.122.